The van der Waals surface area contributed by atoms with Crippen molar-refractivity contribution < 1.29 is 5.11 Å². The molecule has 0 saturated carbocycles. The van der Waals surface area contributed by atoms with Crippen molar-refractivity contribution in [2.24, 2.45) is 0 Å². The Hall–Kier alpha value is -1.25. The molecule has 17 heavy (non-hydrogen) atoms. The molecule has 0 saturated heterocycles. The minimum atomic E-state index is -0.506. The van der Waals surface area contributed by atoms with E-state index in [1.165, 1.54) is 0 Å². The molecule has 0 spiro atoms. The summed E-state index contributed by atoms with van der Waals surface area (Å²) in [6.45, 7) is 10.6. The van der Waals surface area contributed by atoms with E-state index in [9.17, 15) is 5.11 Å². The lowest BCUT2D eigenvalue weighted by Gasteiger charge is -2.23. The quantitative estimate of drug-likeness (QED) is 0.782. The maximum absolute atomic E-state index is 9.48. The van der Waals surface area contributed by atoms with Gasteiger partial charge in [0, 0.05) is 13.1 Å². The number of halogens is 1. The molecule has 1 N–H and O–H groups in total. The number of benzene rings is 1. The summed E-state index contributed by atoms with van der Waals surface area (Å²) in [4.78, 5) is 2.06. The monoisotopic (exact) mass is 251 g/mol. The summed E-state index contributed by atoms with van der Waals surface area (Å²) in [5.41, 5.74) is 1.74. The summed E-state index contributed by atoms with van der Waals surface area (Å²) in [5, 5.41) is 10.1. The van der Waals surface area contributed by atoms with E-state index in [1.54, 1.807) is 13.0 Å². The molecule has 3 heteroatoms. The van der Waals surface area contributed by atoms with Gasteiger partial charge in [-0.15, -0.1) is 13.2 Å². The van der Waals surface area contributed by atoms with Crippen LogP contribution in [0.15, 0.2) is 43.5 Å². The normalized spacial score (nSPS) is 11.9. The lowest BCUT2D eigenvalue weighted by atomic mass is 10.1. The minimum Gasteiger partial charge on any atom is -0.389 e. The molecule has 0 aromatic heterocycles. The van der Waals surface area contributed by atoms with Crippen LogP contribution in [0.1, 0.15) is 18.6 Å². The topological polar surface area (TPSA) is 23.5 Å². The van der Waals surface area contributed by atoms with Gasteiger partial charge in [-0.2, -0.15) is 0 Å². The summed E-state index contributed by atoms with van der Waals surface area (Å²) in [6.07, 6.45) is 3.14. The van der Waals surface area contributed by atoms with Crippen LogP contribution in [0.2, 0.25) is 5.02 Å². The van der Waals surface area contributed by atoms with E-state index < -0.39 is 6.10 Å². The summed E-state index contributed by atoms with van der Waals surface area (Å²) in [5.74, 6) is 0. The van der Waals surface area contributed by atoms with Crippen molar-refractivity contribution in [2.75, 3.05) is 18.0 Å². The number of aliphatic hydroxyl groups is 1. The Balaban J connectivity index is 3.03. The Morgan fingerprint density at radius 3 is 2.35 bits per heavy atom. The van der Waals surface area contributed by atoms with Gasteiger partial charge in [0.15, 0.2) is 0 Å². The summed E-state index contributed by atoms with van der Waals surface area (Å²) in [6, 6.07) is 5.59. The fraction of sp³-hybridized carbons (Fsp3) is 0.286. The molecule has 0 amide bonds. The van der Waals surface area contributed by atoms with Crippen molar-refractivity contribution in [1.29, 1.82) is 0 Å². The third kappa shape index (κ3) is 3.62. The molecule has 1 atom stereocenters. The maximum Gasteiger partial charge on any atom is 0.0762 e. The van der Waals surface area contributed by atoms with Gasteiger partial charge in [-0.05, 0) is 24.6 Å². The lowest BCUT2D eigenvalue weighted by molar-refractivity contribution is 0.199. The highest BCUT2D eigenvalue weighted by atomic mass is 35.5. The second kappa shape index (κ2) is 6.48. The number of hydrogen-bond donors (Lipinski definition) is 1. The molecule has 0 aliphatic carbocycles. The van der Waals surface area contributed by atoms with Gasteiger partial charge >= 0.3 is 0 Å². The van der Waals surface area contributed by atoms with Gasteiger partial charge in [-0.1, -0.05) is 29.8 Å². The fourth-order valence-corrected chi connectivity index (χ4v) is 1.93. The third-order valence-electron chi connectivity index (χ3n) is 2.49. The predicted octanol–water partition coefficient (Wildman–Crippen LogP) is 3.57. The maximum atomic E-state index is 9.48. The molecular weight excluding hydrogens is 234 g/mol. The summed E-state index contributed by atoms with van der Waals surface area (Å²) >= 11 is 6.22. The number of aliphatic hydroxyl groups excluding tert-OH is 1. The zero-order chi connectivity index (χ0) is 12.8. The molecule has 92 valence electrons. The van der Waals surface area contributed by atoms with Gasteiger partial charge in [-0.25, -0.2) is 0 Å². The number of nitrogens with zero attached hydrogens (tertiary/aromatic N) is 1. The first-order valence-electron chi connectivity index (χ1n) is 5.54. The number of rotatable bonds is 6. The van der Waals surface area contributed by atoms with Crippen LogP contribution in [0.5, 0.6) is 0 Å². The highest BCUT2D eigenvalue weighted by molar-refractivity contribution is 6.33. The fourth-order valence-electron chi connectivity index (χ4n) is 1.62. The molecule has 1 rings (SSSR count). The number of anilines is 1. The van der Waals surface area contributed by atoms with Crippen LogP contribution in [0, 0.1) is 0 Å². The van der Waals surface area contributed by atoms with Crippen LogP contribution >= 0.6 is 11.6 Å². The lowest BCUT2D eigenvalue weighted by Crippen LogP contribution is -2.23. The Labute approximate surface area is 108 Å². The van der Waals surface area contributed by atoms with E-state index in [-0.39, 0.29) is 0 Å². The molecule has 1 unspecified atom stereocenters. The average molecular weight is 252 g/mol. The highest BCUT2D eigenvalue weighted by Gasteiger charge is 2.10. The molecule has 1 aromatic rings. The third-order valence-corrected chi connectivity index (χ3v) is 2.80. The average Bonchev–Trinajstić information content (AvgIpc) is 2.28. The van der Waals surface area contributed by atoms with E-state index in [0.29, 0.717) is 18.1 Å². The van der Waals surface area contributed by atoms with Crippen LogP contribution in [-0.4, -0.2) is 18.2 Å². The second-order valence-corrected chi connectivity index (χ2v) is 4.28. The van der Waals surface area contributed by atoms with Crippen LogP contribution in [0.4, 0.5) is 5.69 Å². The Morgan fingerprint density at radius 1 is 1.35 bits per heavy atom. The van der Waals surface area contributed by atoms with Crippen LogP contribution in [0.3, 0.4) is 0 Å². The van der Waals surface area contributed by atoms with Gasteiger partial charge < -0.3 is 10.0 Å². The highest BCUT2D eigenvalue weighted by Crippen LogP contribution is 2.29. The molecule has 0 aliphatic heterocycles. The molecule has 0 bridgehead atoms. The molecular formula is C14H18ClNO. The van der Waals surface area contributed by atoms with E-state index >= 15 is 0 Å². The van der Waals surface area contributed by atoms with Gasteiger partial charge in [0.1, 0.15) is 0 Å². The van der Waals surface area contributed by atoms with Crippen LogP contribution in [0.25, 0.3) is 0 Å². The first-order chi connectivity index (χ1) is 8.10. The molecule has 0 aliphatic rings. The van der Waals surface area contributed by atoms with Crippen LogP contribution < -0.4 is 4.90 Å². The predicted molar refractivity (Wildman–Crippen MR) is 74.7 cm³/mol. The minimum absolute atomic E-state index is 0.506. The zero-order valence-electron chi connectivity index (χ0n) is 10.1. The molecule has 2 nitrogen and oxygen atoms in total. The molecule has 1 aromatic carbocycles. The summed E-state index contributed by atoms with van der Waals surface area (Å²) in [7, 11) is 0. The van der Waals surface area contributed by atoms with Gasteiger partial charge in [0.25, 0.3) is 0 Å². The van der Waals surface area contributed by atoms with Crippen molar-refractivity contribution in [3.05, 3.63) is 54.1 Å². The molecule has 0 radical (unpaired) electrons. The van der Waals surface area contributed by atoms with E-state index in [2.05, 4.69) is 18.1 Å². The SMILES string of the molecule is C=CCN(CC=C)c1ccc(C(C)O)cc1Cl. The smallest absolute Gasteiger partial charge is 0.0762 e. The van der Waals surface area contributed by atoms with Crippen molar-refractivity contribution >= 4 is 17.3 Å². The second-order valence-electron chi connectivity index (χ2n) is 3.87. The Morgan fingerprint density at radius 2 is 1.94 bits per heavy atom. The van der Waals surface area contributed by atoms with Crippen molar-refractivity contribution in [1.82, 2.24) is 0 Å². The van der Waals surface area contributed by atoms with E-state index in [4.69, 9.17) is 11.6 Å². The Kier molecular flexibility index (Phi) is 5.26. The van der Waals surface area contributed by atoms with Crippen LogP contribution in [-0.2, 0) is 0 Å². The molecule has 0 fully saturated rings. The van der Waals surface area contributed by atoms with Gasteiger partial charge in [-0.3, -0.25) is 0 Å². The summed E-state index contributed by atoms with van der Waals surface area (Å²) < 4.78 is 0. The van der Waals surface area contributed by atoms with Crippen molar-refractivity contribution in [3.8, 4) is 0 Å². The first-order valence-corrected chi connectivity index (χ1v) is 5.92. The van der Waals surface area contributed by atoms with Gasteiger partial charge in [0.2, 0.25) is 0 Å². The van der Waals surface area contributed by atoms with Gasteiger partial charge in [0.05, 0.1) is 16.8 Å². The standard InChI is InChI=1S/C14H18ClNO/c1-4-8-16(9-5-2)14-7-6-12(11(3)17)10-13(14)15/h4-7,10-11,17H,1-2,8-9H2,3H3. The van der Waals surface area contributed by atoms with E-state index in [0.717, 1.165) is 11.3 Å². The first kappa shape index (κ1) is 13.8. The van der Waals surface area contributed by atoms with Crippen molar-refractivity contribution in [3.63, 3.8) is 0 Å². The van der Waals surface area contributed by atoms with E-state index in [1.807, 2.05) is 24.3 Å². The molecule has 0 heterocycles. The largest absolute Gasteiger partial charge is 0.389 e. The van der Waals surface area contributed by atoms with Crippen molar-refractivity contribution in [2.45, 2.75) is 13.0 Å². The zero-order valence-corrected chi connectivity index (χ0v) is 10.8. The Bertz CT molecular complexity index is 391. The number of hydrogen-bond acceptors (Lipinski definition) is 2.